The SMILES string of the molecule is O=C(NCC(Cl)C1CC1)c1ccc([N+](=O)[O-])cc1. The average molecular weight is 269 g/mol. The Morgan fingerprint density at radius 2 is 2.06 bits per heavy atom. The number of nitro groups is 1. The molecule has 1 unspecified atom stereocenters. The molecule has 1 aromatic rings. The van der Waals surface area contributed by atoms with Gasteiger partial charge in [-0.3, -0.25) is 14.9 Å². The number of carbonyl (C=O) groups is 1. The fourth-order valence-electron chi connectivity index (χ4n) is 1.65. The number of nitrogens with one attached hydrogen (secondary N) is 1. The van der Waals surface area contributed by atoms with Crippen LogP contribution in [0.1, 0.15) is 23.2 Å². The Kier molecular flexibility index (Phi) is 3.81. The second-order valence-electron chi connectivity index (χ2n) is 4.37. The Balaban J connectivity index is 1.89. The molecule has 2 rings (SSSR count). The van der Waals surface area contributed by atoms with E-state index in [1.54, 1.807) is 0 Å². The molecule has 5 nitrogen and oxygen atoms in total. The zero-order valence-corrected chi connectivity index (χ0v) is 10.4. The van der Waals surface area contributed by atoms with Crippen molar-refractivity contribution in [2.75, 3.05) is 6.54 Å². The molecule has 18 heavy (non-hydrogen) atoms. The zero-order valence-electron chi connectivity index (χ0n) is 9.64. The number of benzene rings is 1. The standard InChI is InChI=1S/C12H13ClN2O3/c13-11(8-1-2-8)7-14-12(16)9-3-5-10(6-4-9)15(17)18/h3-6,8,11H,1-2,7H2,(H,14,16). The maximum atomic E-state index is 11.7. The molecule has 96 valence electrons. The van der Waals surface area contributed by atoms with Crippen LogP contribution in [0.15, 0.2) is 24.3 Å². The second-order valence-corrected chi connectivity index (χ2v) is 4.93. The summed E-state index contributed by atoms with van der Waals surface area (Å²) in [4.78, 5) is 21.7. The normalized spacial score (nSPS) is 16.1. The van der Waals surface area contributed by atoms with Crippen molar-refractivity contribution in [2.45, 2.75) is 18.2 Å². The van der Waals surface area contributed by atoms with Crippen LogP contribution in [0.2, 0.25) is 0 Å². The van der Waals surface area contributed by atoms with Crippen molar-refractivity contribution in [1.29, 1.82) is 0 Å². The average Bonchev–Trinajstić information content (AvgIpc) is 3.20. The van der Waals surface area contributed by atoms with Crippen molar-refractivity contribution in [1.82, 2.24) is 5.32 Å². The lowest BCUT2D eigenvalue weighted by atomic mass is 10.2. The van der Waals surface area contributed by atoms with Crippen molar-refractivity contribution in [3.63, 3.8) is 0 Å². The molecule has 0 spiro atoms. The van der Waals surface area contributed by atoms with Gasteiger partial charge in [-0.25, -0.2) is 0 Å². The number of nitro benzene ring substituents is 1. The Hall–Kier alpha value is -1.62. The molecule has 6 heteroatoms. The predicted molar refractivity (Wildman–Crippen MR) is 67.8 cm³/mol. The lowest BCUT2D eigenvalue weighted by Crippen LogP contribution is -2.30. The Bertz CT molecular complexity index is 457. The van der Waals surface area contributed by atoms with Gasteiger partial charge in [0.1, 0.15) is 0 Å². The van der Waals surface area contributed by atoms with Crippen LogP contribution in [0.4, 0.5) is 5.69 Å². The van der Waals surface area contributed by atoms with Gasteiger partial charge in [-0.1, -0.05) is 0 Å². The zero-order chi connectivity index (χ0) is 13.1. The third-order valence-corrected chi connectivity index (χ3v) is 3.44. The number of non-ortho nitro benzene ring substituents is 1. The van der Waals surface area contributed by atoms with Crippen molar-refractivity contribution in [3.05, 3.63) is 39.9 Å². The summed E-state index contributed by atoms with van der Waals surface area (Å²) in [7, 11) is 0. The lowest BCUT2D eigenvalue weighted by Gasteiger charge is -2.09. The van der Waals surface area contributed by atoms with Gasteiger partial charge in [0, 0.05) is 24.2 Å². The Morgan fingerprint density at radius 3 is 2.56 bits per heavy atom. The summed E-state index contributed by atoms with van der Waals surface area (Å²) >= 11 is 6.07. The van der Waals surface area contributed by atoms with E-state index in [0.717, 1.165) is 12.8 Å². The van der Waals surface area contributed by atoms with Crippen molar-refractivity contribution in [3.8, 4) is 0 Å². The summed E-state index contributed by atoms with van der Waals surface area (Å²) in [5.41, 5.74) is 0.375. The van der Waals surface area contributed by atoms with Gasteiger partial charge in [0.15, 0.2) is 0 Å². The van der Waals surface area contributed by atoms with Crippen LogP contribution in [-0.2, 0) is 0 Å². The molecule has 1 atom stereocenters. The van der Waals surface area contributed by atoms with E-state index >= 15 is 0 Å². The molecule has 1 aliphatic carbocycles. The molecule has 0 bridgehead atoms. The van der Waals surface area contributed by atoms with Gasteiger partial charge < -0.3 is 5.32 Å². The summed E-state index contributed by atoms with van der Waals surface area (Å²) in [6.07, 6.45) is 2.25. The molecular formula is C12H13ClN2O3. The van der Waals surface area contributed by atoms with E-state index in [4.69, 9.17) is 11.6 Å². The van der Waals surface area contributed by atoms with Gasteiger partial charge in [0.25, 0.3) is 11.6 Å². The van der Waals surface area contributed by atoms with Crippen molar-refractivity contribution >= 4 is 23.2 Å². The van der Waals surface area contributed by atoms with Crippen LogP contribution in [-0.4, -0.2) is 22.8 Å². The highest BCUT2D eigenvalue weighted by molar-refractivity contribution is 6.21. The van der Waals surface area contributed by atoms with Gasteiger partial charge in [0.2, 0.25) is 0 Å². The van der Waals surface area contributed by atoms with Gasteiger partial charge >= 0.3 is 0 Å². The van der Waals surface area contributed by atoms with Crippen LogP contribution in [0, 0.1) is 16.0 Å². The van der Waals surface area contributed by atoms with Crippen molar-refractivity contribution in [2.24, 2.45) is 5.92 Å². The van der Waals surface area contributed by atoms with E-state index in [2.05, 4.69) is 5.32 Å². The van der Waals surface area contributed by atoms with Gasteiger partial charge in [-0.15, -0.1) is 11.6 Å². The molecule has 1 saturated carbocycles. The largest absolute Gasteiger partial charge is 0.351 e. The van der Waals surface area contributed by atoms with Crippen LogP contribution in [0.5, 0.6) is 0 Å². The van der Waals surface area contributed by atoms with Gasteiger partial charge in [-0.05, 0) is 30.9 Å². The van der Waals surface area contributed by atoms with Gasteiger partial charge in [-0.2, -0.15) is 0 Å². The number of rotatable bonds is 5. The summed E-state index contributed by atoms with van der Waals surface area (Å²) in [5.74, 6) is 0.264. The highest BCUT2D eigenvalue weighted by Crippen LogP contribution is 2.35. The molecule has 1 amide bonds. The molecular weight excluding hydrogens is 256 g/mol. The number of nitrogens with zero attached hydrogens (tertiary/aromatic N) is 1. The lowest BCUT2D eigenvalue weighted by molar-refractivity contribution is -0.384. The smallest absolute Gasteiger partial charge is 0.269 e. The first-order chi connectivity index (χ1) is 8.58. The maximum Gasteiger partial charge on any atom is 0.269 e. The fourth-order valence-corrected chi connectivity index (χ4v) is 1.98. The number of amides is 1. The Labute approximate surface area is 109 Å². The molecule has 1 aromatic carbocycles. The van der Waals surface area contributed by atoms with Crippen LogP contribution >= 0.6 is 11.6 Å². The fraction of sp³-hybridized carbons (Fsp3) is 0.417. The Morgan fingerprint density at radius 1 is 1.44 bits per heavy atom. The van der Waals surface area contributed by atoms with Crippen LogP contribution in [0.3, 0.4) is 0 Å². The molecule has 0 heterocycles. The number of alkyl halides is 1. The third kappa shape index (κ3) is 3.20. The maximum absolute atomic E-state index is 11.7. The topological polar surface area (TPSA) is 72.2 Å². The summed E-state index contributed by atoms with van der Waals surface area (Å²) < 4.78 is 0. The minimum Gasteiger partial charge on any atom is -0.351 e. The minimum atomic E-state index is -0.496. The van der Waals surface area contributed by atoms with Gasteiger partial charge in [0.05, 0.1) is 10.3 Å². The molecule has 0 aliphatic heterocycles. The first-order valence-electron chi connectivity index (χ1n) is 5.74. The molecule has 0 radical (unpaired) electrons. The number of hydrogen-bond acceptors (Lipinski definition) is 3. The summed E-state index contributed by atoms with van der Waals surface area (Å²) in [6, 6.07) is 5.50. The van der Waals surface area contributed by atoms with Crippen molar-refractivity contribution < 1.29 is 9.72 Å². The summed E-state index contributed by atoms with van der Waals surface area (Å²) in [6.45, 7) is 0.433. The monoisotopic (exact) mass is 268 g/mol. The third-order valence-electron chi connectivity index (χ3n) is 2.93. The van der Waals surface area contributed by atoms with E-state index in [-0.39, 0.29) is 17.0 Å². The second kappa shape index (κ2) is 5.35. The number of halogens is 1. The van der Waals surface area contributed by atoms with E-state index in [9.17, 15) is 14.9 Å². The first-order valence-corrected chi connectivity index (χ1v) is 6.18. The molecule has 0 saturated heterocycles. The number of carbonyl (C=O) groups excluding carboxylic acids is 1. The summed E-state index contributed by atoms with van der Waals surface area (Å²) in [5, 5.41) is 13.2. The first kappa shape index (κ1) is 12.8. The highest BCUT2D eigenvalue weighted by atomic mass is 35.5. The highest BCUT2D eigenvalue weighted by Gasteiger charge is 2.29. The van der Waals surface area contributed by atoms with Crippen LogP contribution in [0.25, 0.3) is 0 Å². The van der Waals surface area contributed by atoms with E-state index < -0.39 is 4.92 Å². The molecule has 0 aromatic heterocycles. The van der Waals surface area contributed by atoms with E-state index in [1.165, 1.54) is 24.3 Å². The minimum absolute atomic E-state index is 0.0213. The van der Waals surface area contributed by atoms with Crippen LogP contribution < -0.4 is 5.32 Å². The molecule has 1 fully saturated rings. The molecule has 1 N–H and O–H groups in total. The van der Waals surface area contributed by atoms with E-state index in [0.29, 0.717) is 18.0 Å². The molecule has 1 aliphatic rings. The number of hydrogen-bond donors (Lipinski definition) is 1. The van der Waals surface area contributed by atoms with E-state index in [1.807, 2.05) is 0 Å². The quantitative estimate of drug-likeness (QED) is 0.506. The predicted octanol–water partition coefficient (Wildman–Crippen LogP) is 2.34.